The molecule has 0 amide bonds. The fourth-order valence-corrected chi connectivity index (χ4v) is 4.78. The molecule has 2 heterocycles. The van der Waals surface area contributed by atoms with Crippen LogP contribution in [0.2, 0.25) is 0 Å². The van der Waals surface area contributed by atoms with Gasteiger partial charge in [-0.2, -0.15) is 0 Å². The molecule has 4 heteroatoms. The van der Waals surface area contributed by atoms with Gasteiger partial charge in [-0.3, -0.25) is 4.90 Å². The molecule has 0 unspecified atom stereocenters. The summed E-state index contributed by atoms with van der Waals surface area (Å²) in [5.41, 5.74) is 6.87. The molecule has 170 valence electrons. The number of fused-ring (bicyclic) bond motifs is 1. The highest BCUT2D eigenvalue weighted by Crippen LogP contribution is 2.29. The number of rotatable bonds is 7. The summed E-state index contributed by atoms with van der Waals surface area (Å²) in [6.07, 6.45) is 6.17. The normalized spacial score (nSPS) is 14.9. The second-order valence-corrected chi connectivity index (χ2v) is 9.20. The van der Waals surface area contributed by atoms with E-state index in [9.17, 15) is 0 Å². The second kappa shape index (κ2) is 10.2. The van der Waals surface area contributed by atoms with Crippen molar-refractivity contribution in [3.63, 3.8) is 0 Å². The standard InChI is InChI=1S/C29H33N3O/c1-22-10-9-13-24(18-22)29-30-27-21-26(33-17-16-32-14-7-2-3-8-15-32)20-25(28(27)31-29)19-23-11-5-4-6-12-23/h4-6,9-13,18,20-21H,2-3,7-8,14-17,19H2,1H3,(H,30,31). The fourth-order valence-electron chi connectivity index (χ4n) is 4.78. The van der Waals surface area contributed by atoms with E-state index in [1.54, 1.807) is 0 Å². The van der Waals surface area contributed by atoms with Crippen molar-refractivity contribution in [3.8, 4) is 17.1 Å². The predicted molar refractivity (Wildman–Crippen MR) is 136 cm³/mol. The van der Waals surface area contributed by atoms with Crippen LogP contribution >= 0.6 is 0 Å². The highest BCUT2D eigenvalue weighted by molar-refractivity contribution is 5.84. The monoisotopic (exact) mass is 439 g/mol. The molecule has 4 aromatic rings. The van der Waals surface area contributed by atoms with Crippen molar-refractivity contribution in [2.24, 2.45) is 0 Å². The third kappa shape index (κ3) is 5.45. The van der Waals surface area contributed by atoms with Crippen LogP contribution in [0.4, 0.5) is 0 Å². The average Bonchev–Trinajstić information content (AvgIpc) is 3.09. The minimum absolute atomic E-state index is 0.717. The number of likely N-dealkylation sites (tertiary alicyclic amines) is 1. The van der Waals surface area contributed by atoms with Gasteiger partial charge < -0.3 is 9.72 Å². The maximum Gasteiger partial charge on any atom is 0.138 e. The maximum absolute atomic E-state index is 6.28. The topological polar surface area (TPSA) is 41.1 Å². The lowest BCUT2D eigenvalue weighted by Gasteiger charge is -2.19. The first-order valence-electron chi connectivity index (χ1n) is 12.2. The molecule has 1 N–H and O–H groups in total. The quantitative estimate of drug-likeness (QED) is 0.363. The number of aryl methyl sites for hydroxylation is 1. The van der Waals surface area contributed by atoms with Gasteiger partial charge in [-0.15, -0.1) is 0 Å². The summed E-state index contributed by atoms with van der Waals surface area (Å²) in [7, 11) is 0. The Morgan fingerprint density at radius 2 is 1.73 bits per heavy atom. The molecule has 0 radical (unpaired) electrons. The van der Waals surface area contributed by atoms with Crippen LogP contribution in [-0.4, -0.2) is 41.1 Å². The number of hydrogen-bond acceptors (Lipinski definition) is 3. The third-order valence-electron chi connectivity index (χ3n) is 6.54. The number of nitrogens with zero attached hydrogens (tertiary/aromatic N) is 2. The van der Waals surface area contributed by atoms with Crippen molar-refractivity contribution in [3.05, 3.63) is 83.4 Å². The van der Waals surface area contributed by atoms with E-state index in [2.05, 4.69) is 83.5 Å². The Balaban J connectivity index is 1.42. The van der Waals surface area contributed by atoms with Crippen LogP contribution in [0.25, 0.3) is 22.4 Å². The molecule has 4 nitrogen and oxygen atoms in total. The number of aromatic amines is 1. The van der Waals surface area contributed by atoms with Crippen LogP contribution in [0.15, 0.2) is 66.7 Å². The van der Waals surface area contributed by atoms with Crippen molar-refractivity contribution in [2.75, 3.05) is 26.2 Å². The van der Waals surface area contributed by atoms with Gasteiger partial charge in [0, 0.05) is 18.2 Å². The van der Waals surface area contributed by atoms with E-state index < -0.39 is 0 Å². The summed E-state index contributed by atoms with van der Waals surface area (Å²) in [6.45, 7) is 6.21. The number of H-pyrrole nitrogens is 1. The number of nitrogens with one attached hydrogen (secondary N) is 1. The molecule has 1 aliphatic rings. The number of imidazole rings is 1. The summed E-state index contributed by atoms with van der Waals surface area (Å²) < 4.78 is 6.28. The summed E-state index contributed by atoms with van der Waals surface area (Å²) >= 11 is 0. The fraction of sp³-hybridized carbons (Fsp3) is 0.345. The zero-order chi connectivity index (χ0) is 22.5. The van der Waals surface area contributed by atoms with Crippen molar-refractivity contribution in [1.82, 2.24) is 14.9 Å². The first-order valence-corrected chi connectivity index (χ1v) is 12.2. The maximum atomic E-state index is 6.28. The Morgan fingerprint density at radius 3 is 2.52 bits per heavy atom. The molecule has 0 aliphatic carbocycles. The van der Waals surface area contributed by atoms with Crippen LogP contribution in [0, 0.1) is 6.92 Å². The number of benzene rings is 3. The van der Waals surface area contributed by atoms with Gasteiger partial charge in [-0.05, 0) is 62.5 Å². The van der Waals surface area contributed by atoms with Gasteiger partial charge in [0.15, 0.2) is 0 Å². The van der Waals surface area contributed by atoms with Crippen LogP contribution in [0.3, 0.4) is 0 Å². The molecule has 1 saturated heterocycles. The summed E-state index contributed by atoms with van der Waals surface area (Å²) in [5, 5.41) is 0. The summed E-state index contributed by atoms with van der Waals surface area (Å²) in [5.74, 6) is 1.83. The van der Waals surface area contributed by atoms with Crippen LogP contribution in [-0.2, 0) is 6.42 Å². The van der Waals surface area contributed by atoms with Gasteiger partial charge in [0.1, 0.15) is 18.2 Å². The Bertz CT molecular complexity index is 1190. The van der Waals surface area contributed by atoms with Crippen LogP contribution < -0.4 is 4.74 Å². The van der Waals surface area contributed by atoms with Crippen LogP contribution in [0.5, 0.6) is 5.75 Å². The van der Waals surface area contributed by atoms with Crippen molar-refractivity contribution < 1.29 is 4.74 Å². The van der Waals surface area contributed by atoms with E-state index in [0.29, 0.717) is 0 Å². The summed E-state index contributed by atoms with van der Waals surface area (Å²) in [6, 6.07) is 23.4. The molecule has 1 aromatic heterocycles. The van der Waals surface area contributed by atoms with Gasteiger partial charge in [0.05, 0.1) is 11.0 Å². The smallest absolute Gasteiger partial charge is 0.138 e. The lowest BCUT2D eigenvalue weighted by molar-refractivity contribution is 0.214. The minimum Gasteiger partial charge on any atom is -0.492 e. The largest absolute Gasteiger partial charge is 0.492 e. The van der Waals surface area contributed by atoms with Gasteiger partial charge in [-0.25, -0.2) is 4.98 Å². The lowest BCUT2D eigenvalue weighted by atomic mass is 10.0. The van der Waals surface area contributed by atoms with E-state index in [4.69, 9.17) is 9.72 Å². The zero-order valence-corrected chi connectivity index (χ0v) is 19.5. The van der Waals surface area contributed by atoms with Gasteiger partial charge >= 0.3 is 0 Å². The van der Waals surface area contributed by atoms with Gasteiger partial charge in [0.2, 0.25) is 0 Å². The highest BCUT2D eigenvalue weighted by atomic mass is 16.5. The van der Waals surface area contributed by atoms with E-state index in [1.165, 1.54) is 55.5 Å². The molecule has 0 saturated carbocycles. The Kier molecular flexibility index (Phi) is 6.73. The molecule has 5 rings (SSSR count). The van der Waals surface area contributed by atoms with Crippen molar-refractivity contribution >= 4 is 11.0 Å². The van der Waals surface area contributed by atoms with Crippen LogP contribution in [0.1, 0.15) is 42.4 Å². The predicted octanol–water partition coefficient (Wildman–Crippen LogP) is 6.38. The molecule has 0 spiro atoms. The van der Waals surface area contributed by atoms with E-state index in [1.807, 2.05) is 0 Å². The first kappa shape index (κ1) is 21.7. The Morgan fingerprint density at radius 1 is 0.909 bits per heavy atom. The van der Waals surface area contributed by atoms with E-state index >= 15 is 0 Å². The molecule has 0 atom stereocenters. The second-order valence-electron chi connectivity index (χ2n) is 9.20. The van der Waals surface area contributed by atoms with Crippen molar-refractivity contribution in [1.29, 1.82) is 0 Å². The Labute approximate surface area is 196 Å². The molecular weight excluding hydrogens is 406 g/mol. The third-order valence-corrected chi connectivity index (χ3v) is 6.54. The lowest BCUT2D eigenvalue weighted by Crippen LogP contribution is -2.29. The summed E-state index contributed by atoms with van der Waals surface area (Å²) in [4.78, 5) is 11.1. The Hall–Kier alpha value is -3.11. The first-order chi connectivity index (χ1) is 16.2. The molecule has 3 aromatic carbocycles. The number of ether oxygens (including phenoxy) is 1. The number of aromatic nitrogens is 2. The molecule has 1 fully saturated rings. The number of hydrogen-bond donors (Lipinski definition) is 1. The molecule has 1 aliphatic heterocycles. The van der Waals surface area contributed by atoms with Gasteiger partial charge in [0.25, 0.3) is 0 Å². The average molecular weight is 440 g/mol. The molecule has 0 bridgehead atoms. The van der Waals surface area contributed by atoms with E-state index in [-0.39, 0.29) is 0 Å². The SMILES string of the molecule is Cc1cccc(-c2nc3c(Cc4ccccc4)cc(OCCN4CCCCCC4)cc3[nH]2)c1. The zero-order valence-electron chi connectivity index (χ0n) is 19.5. The van der Waals surface area contributed by atoms with Gasteiger partial charge in [-0.1, -0.05) is 66.9 Å². The molecular formula is C29H33N3O. The molecule has 33 heavy (non-hydrogen) atoms. The van der Waals surface area contributed by atoms with E-state index in [0.717, 1.165) is 47.7 Å². The highest BCUT2D eigenvalue weighted by Gasteiger charge is 2.14. The van der Waals surface area contributed by atoms with Crippen molar-refractivity contribution in [2.45, 2.75) is 39.0 Å². The minimum atomic E-state index is 0.717.